The topological polar surface area (TPSA) is 90.1 Å². The van der Waals surface area contributed by atoms with Gasteiger partial charge in [0.2, 0.25) is 5.91 Å². The van der Waals surface area contributed by atoms with E-state index in [4.69, 9.17) is 5.73 Å². The highest BCUT2D eigenvalue weighted by molar-refractivity contribution is 5.83. The van der Waals surface area contributed by atoms with Crippen molar-refractivity contribution in [2.45, 2.75) is 82.4 Å². The van der Waals surface area contributed by atoms with Gasteiger partial charge in [-0.3, -0.25) is 9.69 Å². The Morgan fingerprint density at radius 3 is 2.24 bits per heavy atom. The molecule has 1 aromatic rings. The van der Waals surface area contributed by atoms with Gasteiger partial charge in [-0.2, -0.15) is 0 Å². The first-order chi connectivity index (χ1) is 16.0. The Morgan fingerprint density at radius 2 is 1.74 bits per heavy atom. The first-order valence-electron chi connectivity index (χ1n) is 12.8. The fourth-order valence-electron chi connectivity index (χ4n) is 6.33. The molecule has 1 spiro atoms. The summed E-state index contributed by atoms with van der Waals surface area (Å²) < 4.78 is 0. The van der Waals surface area contributed by atoms with E-state index in [1.54, 1.807) is 13.8 Å². The molecule has 3 amide bonds. The number of primary amides is 1. The SMILES string of the molecule is CCN(C)[C@]1(c2ccccc2)CC[C@]2(CC1)CN(CC(C)(C)C(N)=O)C(=O)N2CC1(O)CCC1. The third-order valence-corrected chi connectivity index (χ3v) is 9.07. The highest BCUT2D eigenvalue weighted by atomic mass is 16.3. The second kappa shape index (κ2) is 8.83. The molecule has 1 heterocycles. The van der Waals surface area contributed by atoms with Gasteiger partial charge in [-0.05, 0) is 77.9 Å². The minimum atomic E-state index is -0.800. The number of aliphatic hydroxyl groups is 1. The summed E-state index contributed by atoms with van der Waals surface area (Å²) in [6, 6.07) is 10.7. The zero-order valence-electron chi connectivity index (χ0n) is 21.3. The van der Waals surface area contributed by atoms with E-state index in [9.17, 15) is 14.7 Å². The van der Waals surface area contributed by atoms with Crippen molar-refractivity contribution in [3.8, 4) is 0 Å². The molecule has 188 valence electrons. The maximum Gasteiger partial charge on any atom is 0.320 e. The zero-order valence-corrected chi connectivity index (χ0v) is 21.3. The molecule has 7 nitrogen and oxygen atoms in total. The second-order valence-corrected chi connectivity index (χ2v) is 11.7. The van der Waals surface area contributed by atoms with Crippen LogP contribution in [0.5, 0.6) is 0 Å². The van der Waals surface area contributed by atoms with E-state index in [2.05, 4.69) is 49.2 Å². The fourth-order valence-corrected chi connectivity index (χ4v) is 6.33. The molecule has 2 aliphatic carbocycles. The van der Waals surface area contributed by atoms with Gasteiger partial charge in [0.15, 0.2) is 0 Å². The van der Waals surface area contributed by atoms with Crippen molar-refractivity contribution >= 4 is 11.9 Å². The minimum absolute atomic E-state index is 0.0642. The number of rotatable bonds is 8. The predicted molar refractivity (Wildman–Crippen MR) is 133 cm³/mol. The molecule has 1 aromatic carbocycles. The van der Waals surface area contributed by atoms with Crippen LogP contribution in [0.1, 0.15) is 71.3 Å². The van der Waals surface area contributed by atoms with Crippen molar-refractivity contribution in [1.82, 2.24) is 14.7 Å². The van der Waals surface area contributed by atoms with Gasteiger partial charge in [0.05, 0.1) is 23.1 Å². The molecule has 3 fully saturated rings. The van der Waals surface area contributed by atoms with Crippen LogP contribution < -0.4 is 5.73 Å². The van der Waals surface area contributed by atoms with Crippen molar-refractivity contribution < 1.29 is 14.7 Å². The number of carbonyl (C=O) groups excluding carboxylic acids is 2. The molecule has 0 unspecified atom stereocenters. The first-order valence-corrected chi connectivity index (χ1v) is 12.8. The molecule has 1 saturated heterocycles. The van der Waals surface area contributed by atoms with E-state index in [1.807, 2.05) is 9.80 Å². The van der Waals surface area contributed by atoms with Crippen LogP contribution in [0.3, 0.4) is 0 Å². The Morgan fingerprint density at radius 1 is 1.12 bits per heavy atom. The zero-order chi connectivity index (χ0) is 24.8. The quantitative estimate of drug-likeness (QED) is 0.610. The number of urea groups is 1. The van der Waals surface area contributed by atoms with Gasteiger partial charge in [-0.15, -0.1) is 0 Å². The summed E-state index contributed by atoms with van der Waals surface area (Å²) in [5, 5.41) is 11.0. The van der Waals surface area contributed by atoms with Crippen molar-refractivity contribution in [1.29, 1.82) is 0 Å². The summed E-state index contributed by atoms with van der Waals surface area (Å²) >= 11 is 0. The number of carbonyl (C=O) groups is 2. The van der Waals surface area contributed by atoms with Crippen LogP contribution in [-0.4, -0.2) is 76.1 Å². The third-order valence-electron chi connectivity index (χ3n) is 9.07. The number of benzene rings is 1. The summed E-state index contributed by atoms with van der Waals surface area (Å²) in [5.74, 6) is -0.401. The Bertz CT molecular complexity index is 904. The average Bonchev–Trinajstić information content (AvgIpc) is 3.03. The lowest BCUT2D eigenvalue weighted by Gasteiger charge is -2.53. The molecule has 7 heteroatoms. The van der Waals surface area contributed by atoms with E-state index in [0.29, 0.717) is 19.6 Å². The van der Waals surface area contributed by atoms with Crippen LogP contribution in [0.4, 0.5) is 4.79 Å². The molecule has 0 bridgehead atoms. The van der Waals surface area contributed by atoms with E-state index in [1.165, 1.54) is 5.56 Å². The van der Waals surface area contributed by atoms with Gasteiger partial charge >= 0.3 is 6.03 Å². The van der Waals surface area contributed by atoms with Crippen LogP contribution in [0.2, 0.25) is 0 Å². The van der Waals surface area contributed by atoms with Crippen molar-refractivity contribution in [3.63, 3.8) is 0 Å². The van der Waals surface area contributed by atoms with Gasteiger partial charge in [-0.1, -0.05) is 37.3 Å². The summed E-state index contributed by atoms with van der Waals surface area (Å²) in [7, 11) is 2.20. The third kappa shape index (κ3) is 4.22. The Kier molecular flexibility index (Phi) is 6.49. The Hall–Kier alpha value is -2.12. The normalized spacial score (nSPS) is 29.1. The maximum atomic E-state index is 13.7. The maximum absolute atomic E-state index is 13.7. The number of amides is 3. The van der Waals surface area contributed by atoms with Gasteiger partial charge < -0.3 is 20.6 Å². The summed E-state index contributed by atoms with van der Waals surface area (Å²) in [5.41, 5.74) is 4.99. The van der Waals surface area contributed by atoms with Gasteiger partial charge in [0.25, 0.3) is 0 Å². The van der Waals surface area contributed by atoms with Crippen molar-refractivity contribution in [3.05, 3.63) is 35.9 Å². The molecule has 3 N–H and O–H groups in total. The van der Waals surface area contributed by atoms with E-state index in [0.717, 1.165) is 51.5 Å². The van der Waals surface area contributed by atoms with Crippen molar-refractivity contribution in [2.75, 3.05) is 33.2 Å². The van der Waals surface area contributed by atoms with Gasteiger partial charge in [0.1, 0.15) is 0 Å². The second-order valence-electron chi connectivity index (χ2n) is 11.7. The summed E-state index contributed by atoms with van der Waals surface area (Å²) in [6.45, 7) is 8.00. The number of hydrogen-bond acceptors (Lipinski definition) is 4. The van der Waals surface area contributed by atoms with Crippen LogP contribution in [0.15, 0.2) is 30.3 Å². The molecule has 34 heavy (non-hydrogen) atoms. The molecule has 0 radical (unpaired) electrons. The minimum Gasteiger partial charge on any atom is -0.388 e. The lowest BCUT2D eigenvalue weighted by atomic mass is 9.67. The molecular weight excluding hydrogens is 428 g/mol. The highest BCUT2D eigenvalue weighted by Crippen LogP contribution is 2.50. The summed E-state index contributed by atoms with van der Waals surface area (Å²) in [6.07, 6.45) is 6.09. The Balaban J connectivity index is 1.63. The molecule has 0 atom stereocenters. The standard InChI is InChI=1S/C27H42N4O3/c1-5-29(4)27(21-10-7-6-8-11-21)16-14-25(15-17-27)19-30(18-24(2,3)22(28)32)23(33)31(25)20-26(34)12-9-13-26/h6-8,10-11,34H,5,9,12-20H2,1-4H3,(H2,28,32)/t25-,27+. The first kappa shape index (κ1) is 25.0. The lowest BCUT2D eigenvalue weighted by Crippen LogP contribution is -2.59. The smallest absolute Gasteiger partial charge is 0.320 e. The summed E-state index contributed by atoms with van der Waals surface area (Å²) in [4.78, 5) is 31.9. The van der Waals surface area contributed by atoms with Gasteiger partial charge in [0, 0.05) is 18.6 Å². The number of nitrogens with zero attached hydrogens (tertiary/aromatic N) is 3. The molecular formula is C27H42N4O3. The average molecular weight is 471 g/mol. The number of nitrogens with two attached hydrogens (primary N) is 1. The number of hydrogen-bond donors (Lipinski definition) is 2. The van der Waals surface area contributed by atoms with Crippen LogP contribution in [0, 0.1) is 5.41 Å². The van der Waals surface area contributed by atoms with Crippen LogP contribution in [-0.2, 0) is 10.3 Å². The van der Waals surface area contributed by atoms with Gasteiger partial charge in [-0.25, -0.2) is 4.79 Å². The van der Waals surface area contributed by atoms with Crippen LogP contribution >= 0.6 is 0 Å². The molecule has 2 saturated carbocycles. The lowest BCUT2D eigenvalue weighted by molar-refractivity contribution is -0.126. The highest BCUT2D eigenvalue weighted by Gasteiger charge is 2.57. The van der Waals surface area contributed by atoms with E-state index in [-0.39, 0.29) is 17.1 Å². The predicted octanol–water partition coefficient (Wildman–Crippen LogP) is 3.31. The largest absolute Gasteiger partial charge is 0.388 e. The monoisotopic (exact) mass is 470 g/mol. The molecule has 3 aliphatic rings. The molecule has 0 aromatic heterocycles. The van der Waals surface area contributed by atoms with Crippen LogP contribution in [0.25, 0.3) is 0 Å². The molecule has 1 aliphatic heterocycles. The number of β-amino-alcohol motifs (C(OH)–C–C–N with tert-alkyl or cyclic N) is 1. The molecule has 4 rings (SSSR count). The van der Waals surface area contributed by atoms with Crippen molar-refractivity contribution in [2.24, 2.45) is 11.1 Å². The fraction of sp³-hybridized carbons (Fsp3) is 0.704. The Labute approximate surface area is 204 Å². The van der Waals surface area contributed by atoms with E-state index >= 15 is 0 Å². The van der Waals surface area contributed by atoms with E-state index < -0.39 is 16.9 Å².